The first-order valence-corrected chi connectivity index (χ1v) is 8.86. The Labute approximate surface area is 153 Å². The summed E-state index contributed by atoms with van der Waals surface area (Å²) in [5, 5.41) is 12.2. The fourth-order valence-corrected chi connectivity index (χ4v) is 3.26. The van der Waals surface area contributed by atoms with Gasteiger partial charge in [0.15, 0.2) is 0 Å². The summed E-state index contributed by atoms with van der Waals surface area (Å²) in [6, 6.07) is 10.2. The first-order chi connectivity index (χ1) is 12.6. The minimum absolute atomic E-state index is 0.00345. The van der Waals surface area contributed by atoms with Crippen LogP contribution >= 0.6 is 0 Å². The van der Waals surface area contributed by atoms with Gasteiger partial charge in [-0.15, -0.1) is 0 Å². The molecule has 0 radical (unpaired) electrons. The highest BCUT2D eigenvalue weighted by Gasteiger charge is 2.24. The van der Waals surface area contributed by atoms with Gasteiger partial charge in [-0.25, -0.2) is 9.97 Å². The molecular formula is C20H22N4O2. The highest BCUT2D eigenvalue weighted by Crippen LogP contribution is 2.24. The van der Waals surface area contributed by atoms with Crippen molar-refractivity contribution in [1.82, 2.24) is 15.3 Å². The van der Waals surface area contributed by atoms with Crippen LogP contribution < -0.4 is 10.1 Å². The standard InChI is InChI=1S/C20H22N4O2/c1-14-3-2-4-15(11-14)12-19(25)24-16-5-7-17(8-6-16)26-20-18(13-21)22-9-10-23-20/h2-4,9-11,16-17H,5-8,12H2,1H3,(H,24,25). The molecule has 0 spiro atoms. The van der Waals surface area contributed by atoms with Gasteiger partial charge in [-0.3, -0.25) is 4.79 Å². The number of hydrogen-bond acceptors (Lipinski definition) is 5. The molecule has 1 aromatic heterocycles. The zero-order valence-corrected chi connectivity index (χ0v) is 14.8. The van der Waals surface area contributed by atoms with Gasteiger partial charge in [-0.1, -0.05) is 29.8 Å². The van der Waals surface area contributed by atoms with Crippen molar-refractivity contribution < 1.29 is 9.53 Å². The largest absolute Gasteiger partial charge is 0.472 e. The quantitative estimate of drug-likeness (QED) is 0.896. The minimum atomic E-state index is 0.00345. The summed E-state index contributed by atoms with van der Waals surface area (Å²) < 4.78 is 5.83. The van der Waals surface area contributed by atoms with E-state index in [-0.39, 0.29) is 23.7 Å². The van der Waals surface area contributed by atoms with Crippen molar-refractivity contribution in [3.63, 3.8) is 0 Å². The number of carbonyl (C=O) groups excluding carboxylic acids is 1. The number of rotatable bonds is 5. The molecule has 1 N–H and O–H groups in total. The second kappa shape index (κ2) is 8.43. The molecule has 1 aliphatic rings. The fraction of sp³-hybridized carbons (Fsp3) is 0.400. The van der Waals surface area contributed by atoms with Crippen LogP contribution in [0.3, 0.4) is 0 Å². The summed E-state index contributed by atoms with van der Waals surface area (Å²) in [6.45, 7) is 2.03. The molecule has 1 aliphatic carbocycles. The number of nitriles is 1. The van der Waals surface area contributed by atoms with Gasteiger partial charge in [0.05, 0.1) is 6.42 Å². The lowest BCUT2D eigenvalue weighted by molar-refractivity contribution is -0.121. The Morgan fingerprint density at radius 2 is 2.04 bits per heavy atom. The fourth-order valence-electron chi connectivity index (χ4n) is 3.26. The van der Waals surface area contributed by atoms with E-state index in [0.717, 1.165) is 36.8 Å². The van der Waals surface area contributed by atoms with Crippen molar-refractivity contribution >= 4 is 5.91 Å². The van der Waals surface area contributed by atoms with E-state index in [4.69, 9.17) is 10.00 Å². The molecule has 6 heteroatoms. The Morgan fingerprint density at radius 3 is 2.77 bits per heavy atom. The van der Waals surface area contributed by atoms with Crippen LogP contribution in [0, 0.1) is 18.3 Å². The van der Waals surface area contributed by atoms with E-state index in [2.05, 4.69) is 15.3 Å². The zero-order chi connectivity index (χ0) is 18.4. The molecule has 2 aromatic rings. The van der Waals surface area contributed by atoms with E-state index in [1.54, 1.807) is 0 Å². The predicted octanol–water partition coefficient (Wildman–Crippen LogP) is 2.71. The van der Waals surface area contributed by atoms with Crippen molar-refractivity contribution in [2.45, 2.75) is 51.2 Å². The van der Waals surface area contributed by atoms with Gasteiger partial charge in [0, 0.05) is 18.4 Å². The number of aryl methyl sites for hydroxylation is 1. The first kappa shape index (κ1) is 17.9. The van der Waals surface area contributed by atoms with Gasteiger partial charge >= 0.3 is 0 Å². The summed E-state index contributed by atoms with van der Waals surface area (Å²) in [4.78, 5) is 20.3. The smallest absolute Gasteiger partial charge is 0.251 e. The Kier molecular flexibility index (Phi) is 5.80. The monoisotopic (exact) mass is 350 g/mol. The van der Waals surface area contributed by atoms with Crippen molar-refractivity contribution in [2.75, 3.05) is 0 Å². The van der Waals surface area contributed by atoms with Gasteiger partial charge in [0.1, 0.15) is 12.2 Å². The minimum Gasteiger partial charge on any atom is -0.472 e. The molecule has 0 saturated heterocycles. The van der Waals surface area contributed by atoms with Gasteiger partial charge < -0.3 is 10.1 Å². The number of nitrogens with zero attached hydrogens (tertiary/aromatic N) is 3. The number of hydrogen-bond donors (Lipinski definition) is 1. The van der Waals surface area contributed by atoms with Crippen LogP contribution in [0.15, 0.2) is 36.7 Å². The van der Waals surface area contributed by atoms with Crippen LogP contribution in [0.2, 0.25) is 0 Å². The molecule has 0 aliphatic heterocycles. The third-order valence-corrected chi connectivity index (χ3v) is 4.54. The molecule has 1 saturated carbocycles. The average molecular weight is 350 g/mol. The lowest BCUT2D eigenvalue weighted by atomic mass is 9.92. The van der Waals surface area contributed by atoms with E-state index in [1.807, 2.05) is 37.3 Å². The highest BCUT2D eigenvalue weighted by atomic mass is 16.5. The number of aromatic nitrogens is 2. The molecule has 1 fully saturated rings. The van der Waals surface area contributed by atoms with Crippen LogP contribution in [-0.4, -0.2) is 28.0 Å². The molecule has 0 unspecified atom stereocenters. The van der Waals surface area contributed by atoms with Crippen LogP contribution in [0.25, 0.3) is 0 Å². The molecule has 1 heterocycles. The molecule has 0 bridgehead atoms. The maximum atomic E-state index is 12.3. The third-order valence-electron chi connectivity index (χ3n) is 4.54. The van der Waals surface area contributed by atoms with Gasteiger partial charge in [-0.05, 0) is 38.2 Å². The SMILES string of the molecule is Cc1cccc(CC(=O)NC2CCC(Oc3nccnc3C#N)CC2)c1. The summed E-state index contributed by atoms with van der Waals surface area (Å²) >= 11 is 0. The topological polar surface area (TPSA) is 87.9 Å². The summed E-state index contributed by atoms with van der Waals surface area (Å²) in [7, 11) is 0. The maximum Gasteiger partial charge on any atom is 0.251 e. The summed E-state index contributed by atoms with van der Waals surface area (Å²) in [5.41, 5.74) is 2.40. The number of ether oxygens (including phenoxy) is 1. The molecule has 134 valence electrons. The van der Waals surface area contributed by atoms with Crippen molar-refractivity contribution in [3.8, 4) is 11.9 Å². The van der Waals surface area contributed by atoms with Gasteiger partial charge in [0.2, 0.25) is 11.6 Å². The van der Waals surface area contributed by atoms with Crippen LogP contribution in [0.5, 0.6) is 5.88 Å². The number of amides is 1. The van der Waals surface area contributed by atoms with Crippen LogP contribution in [0.4, 0.5) is 0 Å². The average Bonchev–Trinajstić information content (AvgIpc) is 2.64. The van der Waals surface area contributed by atoms with E-state index in [0.29, 0.717) is 12.3 Å². The lowest BCUT2D eigenvalue weighted by Crippen LogP contribution is -2.40. The van der Waals surface area contributed by atoms with Gasteiger partial charge in [-0.2, -0.15) is 5.26 Å². The second-order valence-corrected chi connectivity index (χ2v) is 6.65. The molecule has 0 atom stereocenters. The van der Waals surface area contributed by atoms with E-state index in [9.17, 15) is 4.79 Å². The third kappa shape index (κ3) is 4.79. The molecule has 1 aromatic carbocycles. The van der Waals surface area contributed by atoms with Crippen molar-refractivity contribution in [2.24, 2.45) is 0 Å². The Bertz CT molecular complexity index is 807. The summed E-state index contributed by atoms with van der Waals surface area (Å²) in [6.07, 6.45) is 6.75. The predicted molar refractivity (Wildman–Crippen MR) is 96.4 cm³/mol. The van der Waals surface area contributed by atoms with Crippen molar-refractivity contribution in [3.05, 3.63) is 53.5 Å². The van der Waals surface area contributed by atoms with E-state index < -0.39 is 0 Å². The van der Waals surface area contributed by atoms with Crippen LogP contribution in [0.1, 0.15) is 42.5 Å². The number of carbonyl (C=O) groups is 1. The van der Waals surface area contributed by atoms with Gasteiger partial charge in [0.25, 0.3) is 5.88 Å². The maximum absolute atomic E-state index is 12.3. The highest BCUT2D eigenvalue weighted by molar-refractivity contribution is 5.78. The van der Waals surface area contributed by atoms with E-state index in [1.165, 1.54) is 12.4 Å². The molecule has 3 rings (SSSR count). The molecule has 26 heavy (non-hydrogen) atoms. The first-order valence-electron chi connectivity index (χ1n) is 8.86. The molecular weight excluding hydrogens is 328 g/mol. The second-order valence-electron chi connectivity index (χ2n) is 6.65. The lowest BCUT2D eigenvalue weighted by Gasteiger charge is -2.29. The number of nitrogens with one attached hydrogen (secondary N) is 1. The Morgan fingerprint density at radius 1 is 1.27 bits per heavy atom. The number of benzene rings is 1. The Hall–Kier alpha value is -2.94. The van der Waals surface area contributed by atoms with E-state index >= 15 is 0 Å². The Balaban J connectivity index is 1.46. The molecule has 6 nitrogen and oxygen atoms in total. The summed E-state index contributed by atoms with van der Waals surface area (Å²) in [5.74, 6) is 0.350. The zero-order valence-electron chi connectivity index (χ0n) is 14.8. The van der Waals surface area contributed by atoms with Crippen LogP contribution in [-0.2, 0) is 11.2 Å². The van der Waals surface area contributed by atoms with Crippen molar-refractivity contribution in [1.29, 1.82) is 5.26 Å². The normalized spacial score (nSPS) is 19.4. The molecule has 1 amide bonds.